The van der Waals surface area contributed by atoms with Gasteiger partial charge < -0.3 is 14.8 Å². The average Bonchev–Trinajstić information content (AvgIpc) is 3.42. The van der Waals surface area contributed by atoms with E-state index in [4.69, 9.17) is 14.5 Å². The number of carbonyl (C=O) groups excluding carboxylic acids is 1. The summed E-state index contributed by atoms with van der Waals surface area (Å²) in [6.07, 6.45) is 3.90. The lowest BCUT2D eigenvalue weighted by Crippen LogP contribution is -2.44. The third kappa shape index (κ3) is 4.09. The van der Waals surface area contributed by atoms with Crippen LogP contribution in [0.3, 0.4) is 0 Å². The largest absolute Gasteiger partial charge is 0.486 e. The fraction of sp³-hybridized carbons (Fsp3) is 0.480. The molecule has 1 aliphatic heterocycles. The number of hydrogen-bond acceptors (Lipinski definition) is 7. The molecular formula is C25H29N3O4S2. The summed E-state index contributed by atoms with van der Waals surface area (Å²) in [6, 6.07) is 5.99. The Morgan fingerprint density at radius 2 is 1.94 bits per heavy atom. The van der Waals surface area contributed by atoms with E-state index in [0.717, 1.165) is 58.0 Å². The van der Waals surface area contributed by atoms with Gasteiger partial charge in [0.05, 0.1) is 16.7 Å². The van der Waals surface area contributed by atoms with Gasteiger partial charge in [-0.15, -0.1) is 11.3 Å². The van der Waals surface area contributed by atoms with Gasteiger partial charge in [-0.2, -0.15) is 0 Å². The highest BCUT2D eigenvalue weighted by atomic mass is 32.2. The van der Waals surface area contributed by atoms with Gasteiger partial charge >= 0.3 is 0 Å². The molecule has 1 amide bonds. The minimum atomic E-state index is -0.405. The van der Waals surface area contributed by atoms with Gasteiger partial charge in [-0.25, -0.2) is 4.98 Å². The number of ether oxygens (including phenoxy) is 2. The topological polar surface area (TPSA) is 82.5 Å². The maximum Gasteiger partial charge on any atom is 0.263 e. The van der Waals surface area contributed by atoms with Crippen molar-refractivity contribution in [2.75, 3.05) is 19.0 Å². The van der Waals surface area contributed by atoms with E-state index >= 15 is 0 Å². The number of fused-ring (bicyclic) bond motifs is 2. The quantitative estimate of drug-likeness (QED) is 0.396. The Bertz CT molecular complexity index is 1310. The molecule has 1 N–H and O–H groups in total. The summed E-state index contributed by atoms with van der Waals surface area (Å²) in [5.74, 6) is 1.64. The Morgan fingerprint density at radius 1 is 1.21 bits per heavy atom. The van der Waals surface area contributed by atoms with E-state index in [1.165, 1.54) is 23.1 Å². The number of amides is 1. The molecule has 3 heterocycles. The van der Waals surface area contributed by atoms with E-state index < -0.39 is 5.54 Å². The van der Waals surface area contributed by atoms with Crippen LogP contribution in [0, 0.1) is 13.8 Å². The van der Waals surface area contributed by atoms with Crippen LogP contribution in [0.5, 0.6) is 11.5 Å². The summed E-state index contributed by atoms with van der Waals surface area (Å²) in [7, 11) is 0. The zero-order valence-electron chi connectivity index (χ0n) is 19.7. The van der Waals surface area contributed by atoms with E-state index in [-0.39, 0.29) is 17.2 Å². The van der Waals surface area contributed by atoms with Crippen LogP contribution in [0.15, 0.2) is 28.2 Å². The van der Waals surface area contributed by atoms with Crippen molar-refractivity contribution in [2.24, 2.45) is 0 Å². The normalized spacial score (nSPS) is 16.7. The molecule has 1 aliphatic carbocycles. The predicted octanol–water partition coefficient (Wildman–Crippen LogP) is 4.54. The maximum atomic E-state index is 13.1. The van der Waals surface area contributed by atoms with E-state index in [0.29, 0.717) is 30.3 Å². The molecule has 1 saturated carbocycles. The van der Waals surface area contributed by atoms with E-state index in [1.54, 1.807) is 4.57 Å². The van der Waals surface area contributed by atoms with Crippen molar-refractivity contribution in [2.45, 2.75) is 63.7 Å². The Hall–Kier alpha value is -2.52. The highest BCUT2D eigenvalue weighted by Crippen LogP contribution is 2.42. The van der Waals surface area contributed by atoms with Gasteiger partial charge in [-0.1, -0.05) is 30.7 Å². The molecule has 3 aromatic rings. The number of aromatic nitrogens is 2. The fourth-order valence-corrected chi connectivity index (χ4v) is 6.87. The first-order valence-electron chi connectivity index (χ1n) is 11.8. The monoisotopic (exact) mass is 499 g/mol. The minimum Gasteiger partial charge on any atom is -0.486 e. The third-order valence-electron chi connectivity index (χ3n) is 6.83. The van der Waals surface area contributed by atoms with Crippen molar-refractivity contribution in [1.82, 2.24) is 14.9 Å². The van der Waals surface area contributed by atoms with E-state index in [1.807, 2.05) is 39.0 Å². The molecule has 7 nitrogen and oxygen atoms in total. The Kier molecular flexibility index (Phi) is 6.33. The van der Waals surface area contributed by atoms with Crippen LogP contribution < -0.4 is 20.3 Å². The van der Waals surface area contributed by atoms with Gasteiger partial charge in [0, 0.05) is 11.4 Å². The van der Waals surface area contributed by atoms with Gasteiger partial charge in [0.2, 0.25) is 5.91 Å². The number of thioether (sulfide) groups is 1. The lowest BCUT2D eigenvalue weighted by atomic mass is 9.87. The lowest BCUT2D eigenvalue weighted by Gasteiger charge is -2.32. The predicted molar refractivity (Wildman–Crippen MR) is 135 cm³/mol. The molecule has 0 radical (unpaired) electrons. The number of rotatable bonds is 6. The van der Waals surface area contributed by atoms with Crippen LogP contribution in [0.2, 0.25) is 0 Å². The molecule has 1 aromatic carbocycles. The molecule has 0 saturated heterocycles. The van der Waals surface area contributed by atoms with E-state index in [2.05, 4.69) is 5.32 Å². The average molecular weight is 500 g/mol. The molecule has 2 aromatic heterocycles. The first-order valence-corrected chi connectivity index (χ1v) is 13.6. The van der Waals surface area contributed by atoms with Gasteiger partial charge in [-0.05, 0) is 56.9 Å². The Balaban J connectivity index is 1.36. The lowest BCUT2D eigenvalue weighted by molar-refractivity contribution is -0.120. The molecule has 1 fully saturated rings. The molecule has 2 aliphatic rings. The van der Waals surface area contributed by atoms with Crippen LogP contribution in [0.4, 0.5) is 0 Å². The summed E-state index contributed by atoms with van der Waals surface area (Å²) >= 11 is 2.86. The number of nitrogens with zero attached hydrogens (tertiary/aromatic N) is 2. The molecular weight excluding hydrogens is 470 g/mol. The Morgan fingerprint density at radius 3 is 2.68 bits per heavy atom. The van der Waals surface area contributed by atoms with Gasteiger partial charge in [-0.3, -0.25) is 14.2 Å². The highest BCUT2D eigenvalue weighted by Gasteiger charge is 2.38. The first-order chi connectivity index (χ1) is 16.4. The van der Waals surface area contributed by atoms with Crippen LogP contribution in [0.25, 0.3) is 10.2 Å². The van der Waals surface area contributed by atoms with Crippen LogP contribution in [-0.2, 0) is 16.9 Å². The summed E-state index contributed by atoms with van der Waals surface area (Å²) < 4.78 is 13.1. The molecule has 0 unspecified atom stereocenters. The molecule has 0 atom stereocenters. The zero-order chi connectivity index (χ0) is 23.9. The van der Waals surface area contributed by atoms with Crippen molar-refractivity contribution >= 4 is 39.2 Å². The first kappa shape index (κ1) is 23.2. The van der Waals surface area contributed by atoms with Crippen LogP contribution in [0.1, 0.15) is 48.6 Å². The van der Waals surface area contributed by atoms with Gasteiger partial charge in [0.1, 0.15) is 18.0 Å². The highest BCUT2D eigenvalue weighted by molar-refractivity contribution is 7.99. The van der Waals surface area contributed by atoms with Crippen molar-refractivity contribution in [3.05, 3.63) is 44.6 Å². The second kappa shape index (κ2) is 9.26. The van der Waals surface area contributed by atoms with Crippen LogP contribution >= 0.6 is 23.1 Å². The molecule has 34 heavy (non-hydrogen) atoms. The van der Waals surface area contributed by atoms with Crippen molar-refractivity contribution in [1.29, 1.82) is 0 Å². The second-order valence-electron chi connectivity index (χ2n) is 8.89. The Labute approximate surface area is 206 Å². The molecule has 0 bridgehead atoms. The standard InChI is InChI=1S/C25H29N3O4S2/c1-4-28-23(30)21-15(2)16(3)34-22(21)26-24(28)33-14-20(29)27-25(9-5-6-10-25)17-7-8-18-19(13-17)32-12-11-31-18/h7-8,13H,4-6,9-12,14H2,1-3H3,(H,27,29). The summed E-state index contributed by atoms with van der Waals surface area (Å²) in [4.78, 5) is 32.8. The number of carbonyl (C=O) groups is 1. The number of hydrogen-bond donors (Lipinski definition) is 1. The summed E-state index contributed by atoms with van der Waals surface area (Å²) in [5, 5.41) is 4.61. The molecule has 5 rings (SSSR count). The van der Waals surface area contributed by atoms with Gasteiger partial charge in [0.25, 0.3) is 5.56 Å². The number of nitrogens with one attached hydrogen (secondary N) is 1. The van der Waals surface area contributed by atoms with Gasteiger partial charge in [0.15, 0.2) is 16.7 Å². The third-order valence-corrected chi connectivity index (χ3v) is 8.91. The van der Waals surface area contributed by atoms with Crippen molar-refractivity contribution in [3.63, 3.8) is 0 Å². The molecule has 0 spiro atoms. The number of benzene rings is 1. The smallest absolute Gasteiger partial charge is 0.263 e. The molecule has 9 heteroatoms. The SMILES string of the molecule is CCn1c(SCC(=O)NC2(c3ccc4c(c3)OCCO4)CCCC2)nc2sc(C)c(C)c2c1=O. The van der Waals surface area contributed by atoms with Crippen molar-refractivity contribution in [3.8, 4) is 11.5 Å². The minimum absolute atomic E-state index is 0.0270. The molecule has 180 valence electrons. The summed E-state index contributed by atoms with van der Waals surface area (Å²) in [5.41, 5.74) is 1.62. The zero-order valence-corrected chi connectivity index (χ0v) is 21.4. The number of thiophene rings is 1. The van der Waals surface area contributed by atoms with E-state index in [9.17, 15) is 9.59 Å². The number of aryl methyl sites for hydroxylation is 2. The second-order valence-corrected chi connectivity index (χ2v) is 11.0. The van der Waals surface area contributed by atoms with Crippen LogP contribution in [-0.4, -0.2) is 34.4 Å². The summed E-state index contributed by atoms with van der Waals surface area (Å²) in [6.45, 7) is 7.52. The fourth-order valence-electron chi connectivity index (χ4n) is 4.94. The van der Waals surface area contributed by atoms with Crippen molar-refractivity contribution < 1.29 is 14.3 Å². The maximum absolute atomic E-state index is 13.1.